The van der Waals surface area contributed by atoms with Crippen molar-refractivity contribution in [1.29, 1.82) is 0 Å². The largest absolute Gasteiger partial charge is 0.330 e. The van der Waals surface area contributed by atoms with Crippen LogP contribution in [-0.2, 0) is 13.1 Å². The quantitative estimate of drug-likeness (QED) is 0.741. The Morgan fingerprint density at radius 1 is 1.17 bits per heavy atom. The molecule has 0 bridgehead atoms. The van der Waals surface area contributed by atoms with Crippen LogP contribution < -0.4 is 0 Å². The van der Waals surface area contributed by atoms with E-state index in [0.29, 0.717) is 24.2 Å². The number of nitrogens with zero attached hydrogens (tertiary/aromatic N) is 3. The molecule has 1 aliphatic rings. The maximum absolute atomic E-state index is 14.0. The fourth-order valence-corrected chi connectivity index (χ4v) is 3.14. The van der Waals surface area contributed by atoms with Gasteiger partial charge in [0, 0.05) is 24.5 Å². The Hall–Kier alpha value is -2.95. The molecule has 1 aromatic heterocycles. The Morgan fingerprint density at radius 3 is 2.62 bits per heavy atom. The molecule has 0 fully saturated rings. The zero-order chi connectivity index (χ0) is 16.7. The van der Waals surface area contributed by atoms with Gasteiger partial charge in [-0.1, -0.05) is 18.2 Å². The van der Waals surface area contributed by atoms with Crippen LogP contribution in [0.2, 0.25) is 0 Å². The van der Waals surface area contributed by atoms with E-state index in [9.17, 15) is 9.18 Å². The lowest BCUT2D eigenvalue weighted by Gasteiger charge is -2.16. The molecule has 0 radical (unpaired) electrons. The second-order valence-electron chi connectivity index (χ2n) is 6.00. The standard InChI is InChI=1S/C19H16FN3O/c1-13-3-8-17(20)16-12-22(19(24)18(13)16)11-14-4-6-15(7-5-14)23-10-2-9-21-23/h2-10H,11-12H2,1H3. The summed E-state index contributed by atoms with van der Waals surface area (Å²) in [6.45, 7) is 2.63. The van der Waals surface area contributed by atoms with Crippen LogP contribution in [0.3, 0.4) is 0 Å². The molecule has 2 aromatic carbocycles. The van der Waals surface area contributed by atoms with Crippen LogP contribution in [0.4, 0.5) is 4.39 Å². The van der Waals surface area contributed by atoms with E-state index >= 15 is 0 Å². The molecule has 0 saturated carbocycles. The summed E-state index contributed by atoms with van der Waals surface area (Å²) in [4.78, 5) is 14.3. The van der Waals surface area contributed by atoms with Crippen molar-refractivity contribution in [2.75, 3.05) is 0 Å². The Balaban J connectivity index is 1.56. The lowest BCUT2D eigenvalue weighted by molar-refractivity contribution is 0.0766. The predicted octanol–water partition coefficient (Wildman–Crippen LogP) is 3.48. The number of carbonyl (C=O) groups excluding carboxylic acids is 1. The molecule has 1 amide bonds. The fraction of sp³-hybridized carbons (Fsp3) is 0.158. The first kappa shape index (κ1) is 14.6. The van der Waals surface area contributed by atoms with Crippen molar-refractivity contribution in [2.24, 2.45) is 0 Å². The molecule has 0 atom stereocenters. The molecule has 0 saturated heterocycles. The highest BCUT2D eigenvalue weighted by Gasteiger charge is 2.31. The van der Waals surface area contributed by atoms with Gasteiger partial charge in [0.1, 0.15) is 5.82 Å². The van der Waals surface area contributed by atoms with Crippen LogP contribution in [0.15, 0.2) is 54.9 Å². The van der Waals surface area contributed by atoms with Crippen LogP contribution in [-0.4, -0.2) is 20.6 Å². The minimum atomic E-state index is -0.305. The van der Waals surface area contributed by atoms with Gasteiger partial charge in [0.25, 0.3) is 5.91 Å². The zero-order valence-electron chi connectivity index (χ0n) is 13.2. The molecule has 0 spiro atoms. The molecule has 2 heterocycles. The van der Waals surface area contributed by atoms with Gasteiger partial charge in [0.15, 0.2) is 0 Å². The summed E-state index contributed by atoms with van der Waals surface area (Å²) in [5.74, 6) is -0.404. The third-order valence-electron chi connectivity index (χ3n) is 4.39. The smallest absolute Gasteiger partial charge is 0.255 e. The summed E-state index contributed by atoms with van der Waals surface area (Å²) < 4.78 is 15.8. The Bertz CT molecular complexity index is 901. The van der Waals surface area contributed by atoms with Crippen molar-refractivity contribution in [3.05, 3.63) is 82.9 Å². The first-order valence-electron chi connectivity index (χ1n) is 7.79. The summed E-state index contributed by atoms with van der Waals surface area (Å²) in [6, 6.07) is 12.8. The molecule has 0 N–H and O–H groups in total. The van der Waals surface area contributed by atoms with Crippen LogP contribution in [0, 0.1) is 12.7 Å². The van der Waals surface area contributed by atoms with E-state index in [1.165, 1.54) is 6.07 Å². The molecular formula is C19H16FN3O. The molecule has 0 unspecified atom stereocenters. The van der Waals surface area contributed by atoms with Crippen molar-refractivity contribution in [3.8, 4) is 5.69 Å². The lowest BCUT2D eigenvalue weighted by atomic mass is 10.0. The number of aromatic nitrogens is 2. The van der Waals surface area contributed by atoms with Crippen molar-refractivity contribution in [3.63, 3.8) is 0 Å². The van der Waals surface area contributed by atoms with Gasteiger partial charge in [-0.05, 0) is 42.3 Å². The van der Waals surface area contributed by atoms with Gasteiger partial charge in [0.05, 0.1) is 17.8 Å². The van der Waals surface area contributed by atoms with Crippen molar-refractivity contribution >= 4 is 5.91 Å². The molecule has 1 aliphatic heterocycles. The summed E-state index contributed by atoms with van der Waals surface area (Å²) in [5, 5.41) is 4.19. The van der Waals surface area contributed by atoms with Crippen molar-refractivity contribution in [2.45, 2.75) is 20.0 Å². The third kappa shape index (κ3) is 2.38. The third-order valence-corrected chi connectivity index (χ3v) is 4.39. The number of fused-ring (bicyclic) bond motifs is 1. The van der Waals surface area contributed by atoms with E-state index in [1.807, 2.05) is 43.5 Å². The maximum atomic E-state index is 14.0. The summed E-state index contributed by atoms with van der Waals surface area (Å²) in [7, 11) is 0. The van der Waals surface area contributed by atoms with E-state index in [2.05, 4.69) is 5.10 Å². The summed E-state index contributed by atoms with van der Waals surface area (Å²) in [6.07, 6.45) is 3.60. The van der Waals surface area contributed by atoms with Gasteiger partial charge >= 0.3 is 0 Å². The Labute approximate surface area is 139 Å². The number of hydrogen-bond donors (Lipinski definition) is 0. The maximum Gasteiger partial charge on any atom is 0.255 e. The molecule has 3 aromatic rings. The van der Waals surface area contributed by atoms with Gasteiger partial charge < -0.3 is 4.90 Å². The molecular weight excluding hydrogens is 305 g/mol. The normalized spacial score (nSPS) is 13.4. The van der Waals surface area contributed by atoms with Gasteiger partial charge in [-0.3, -0.25) is 4.79 Å². The topological polar surface area (TPSA) is 38.1 Å². The monoisotopic (exact) mass is 321 g/mol. The molecule has 4 nitrogen and oxygen atoms in total. The second-order valence-corrected chi connectivity index (χ2v) is 6.00. The molecule has 120 valence electrons. The first-order valence-corrected chi connectivity index (χ1v) is 7.79. The Kier molecular flexibility index (Phi) is 3.41. The number of halogens is 1. The van der Waals surface area contributed by atoms with Crippen molar-refractivity contribution in [1.82, 2.24) is 14.7 Å². The van der Waals surface area contributed by atoms with Gasteiger partial charge in [0.2, 0.25) is 0 Å². The highest BCUT2D eigenvalue weighted by molar-refractivity contribution is 5.99. The number of aryl methyl sites for hydroxylation is 1. The van der Waals surface area contributed by atoms with Gasteiger partial charge in [-0.25, -0.2) is 9.07 Å². The van der Waals surface area contributed by atoms with Crippen LogP contribution in [0.5, 0.6) is 0 Å². The predicted molar refractivity (Wildman–Crippen MR) is 88.3 cm³/mol. The van der Waals surface area contributed by atoms with E-state index < -0.39 is 0 Å². The van der Waals surface area contributed by atoms with Crippen LogP contribution in [0.1, 0.15) is 27.0 Å². The molecule has 4 rings (SSSR count). The average molecular weight is 321 g/mol. The van der Waals surface area contributed by atoms with E-state index in [0.717, 1.165) is 16.8 Å². The first-order chi connectivity index (χ1) is 11.6. The number of amides is 1. The van der Waals surface area contributed by atoms with Gasteiger partial charge in [-0.2, -0.15) is 5.10 Å². The number of hydrogen-bond acceptors (Lipinski definition) is 2. The number of rotatable bonds is 3. The average Bonchev–Trinajstić information content (AvgIpc) is 3.22. The number of benzene rings is 2. The minimum Gasteiger partial charge on any atom is -0.330 e. The van der Waals surface area contributed by atoms with Crippen LogP contribution >= 0.6 is 0 Å². The second kappa shape index (κ2) is 5.60. The van der Waals surface area contributed by atoms with Crippen molar-refractivity contribution < 1.29 is 9.18 Å². The highest BCUT2D eigenvalue weighted by Crippen LogP contribution is 2.29. The highest BCUT2D eigenvalue weighted by atomic mass is 19.1. The van der Waals surface area contributed by atoms with Gasteiger partial charge in [-0.15, -0.1) is 0 Å². The van der Waals surface area contributed by atoms with E-state index in [-0.39, 0.29) is 11.7 Å². The molecule has 0 aliphatic carbocycles. The SMILES string of the molecule is Cc1ccc(F)c2c1C(=O)N(Cc1ccc(-n3cccn3)cc1)C2. The van der Waals surface area contributed by atoms with E-state index in [4.69, 9.17) is 0 Å². The summed E-state index contributed by atoms with van der Waals surface area (Å²) in [5.41, 5.74) is 3.82. The summed E-state index contributed by atoms with van der Waals surface area (Å²) >= 11 is 0. The van der Waals surface area contributed by atoms with Crippen LogP contribution in [0.25, 0.3) is 5.69 Å². The Morgan fingerprint density at radius 2 is 1.96 bits per heavy atom. The molecule has 24 heavy (non-hydrogen) atoms. The lowest BCUT2D eigenvalue weighted by Crippen LogP contribution is -2.23. The molecule has 5 heteroatoms. The minimum absolute atomic E-state index is 0.0989. The fourth-order valence-electron chi connectivity index (χ4n) is 3.14. The van der Waals surface area contributed by atoms with E-state index in [1.54, 1.807) is 21.8 Å². The number of carbonyl (C=O) groups is 1. The zero-order valence-corrected chi connectivity index (χ0v) is 13.2.